The van der Waals surface area contributed by atoms with Crippen molar-refractivity contribution in [2.24, 2.45) is 0 Å². The zero-order valence-corrected chi connectivity index (χ0v) is 29.6. The molecule has 2 N–H and O–H groups in total. The topological polar surface area (TPSA) is 40.5 Å². The minimum Gasteiger partial charge on any atom is -0.508 e. The van der Waals surface area contributed by atoms with Crippen LogP contribution in [0.5, 0.6) is 11.5 Å². The zero-order valence-electron chi connectivity index (χ0n) is 23.9. The van der Waals surface area contributed by atoms with Crippen LogP contribution in [0.1, 0.15) is 119 Å². The van der Waals surface area contributed by atoms with Gasteiger partial charge in [0.1, 0.15) is 11.5 Å². The van der Waals surface area contributed by atoms with E-state index in [1.54, 1.807) is 26.6 Å². The summed E-state index contributed by atoms with van der Waals surface area (Å²) in [5.74, 6) is 0.339. The minimum atomic E-state index is -0.839. The van der Waals surface area contributed by atoms with Gasteiger partial charge in [-0.25, -0.2) is 0 Å². The molecule has 200 valence electrons. The molecule has 2 radical (unpaired) electrons. The summed E-state index contributed by atoms with van der Waals surface area (Å²) >= 11 is -1.68. The maximum Gasteiger partial charge on any atom is 0.115 e. The first kappa shape index (κ1) is 36.6. The van der Waals surface area contributed by atoms with Crippen molar-refractivity contribution in [3.05, 3.63) is 24.3 Å². The maximum atomic E-state index is 8.65. The number of phenols is 2. The molecule has 4 heteroatoms. The third-order valence-corrected chi connectivity index (χ3v) is 24.3. The van der Waals surface area contributed by atoms with Crippen LogP contribution in [0.15, 0.2) is 24.3 Å². The minimum absolute atomic E-state index is 0.169. The second-order valence-corrected chi connectivity index (χ2v) is 26.8. The summed E-state index contributed by atoms with van der Waals surface area (Å²) in [5, 5.41) is 17.3. The normalized spacial score (nSPS) is 10.6. The van der Waals surface area contributed by atoms with Crippen molar-refractivity contribution in [2.75, 3.05) is 0 Å². The van der Waals surface area contributed by atoms with Gasteiger partial charge < -0.3 is 10.2 Å². The van der Waals surface area contributed by atoms with Gasteiger partial charge in [0, 0.05) is 0 Å². The Kier molecular flexibility index (Phi) is 31.9. The molecular weight excluding hydrogens is 630 g/mol. The smallest absolute Gasteiger partial charge is 0.115 e. The van der Waals surface area contributed by atoms with Crippen LogP contribution in [-0.2, 0) is 0 Å². The summed E-state index contributed by atoms with van der Waals surface area (Å²) in [6, 6.07) is 5.70. The molecule has 1 rings (SSSR count). The van der Waals surface area contributed by atoms with Crippen LogP contribution in [0.4, 0.5) is 0 Å². The molecule has 0 aliphatic heterocycles. The predicted octanol–water partition coefficient (Wildman–Crippen LogP) is 10.9. The number of rotatable bonds is 18. The molecule has 0 saturated carbocycles. The van der Waals surface area contributed by atoms with E-state index in [1.165, 1.54) is 101 Å². The standard InChI is InChI=1S/C6H6O2.6C4H9.2Sn/c7-5-1-2-6(8)4-3-5;6*1-3-4-2;;/h1-4,7-8H;6*1,3-4H2,2H3;;. The molecule has 1 aromatic carbocycles. The van der Waals surface area contributed by atoms with E-state index in [0.29, 0.717) is 0 Å². The van der Waals surface area contributed by atoms with E-state index < -0.39 is 39.5 Å². The van der Waals surface area contributed by atoms with Crippen LogP contribution in [0, 0.1) is 0 Å². The number of aromatic hydroxyl groups is 2. The molecule has 0 unspecified atom stereocenters. The Labute approximate surface area is 229 Å². The summed E-state index contributed by atoms with van der Waals surface area (Å²) in [5.41, 5.74) is 0. The molecule has 0 fully saturated rings. The Balaban J connectivity index is 0. The van der Waals surface area contributed by atoms with Gasteiger partial charge in [-0.05, 0) is 24.3 Å². The molecule has 0 aliphatic rings. The Morgan fingerprint density at radius 2 is 0.588 bits per heavy atom. The number of phenolic OH excluding ortho intramolecular Hbond substituents is 2. The van der Waals surface area contributed by atoms with E-state index in [-0.39, 0.29) is 11.5 Å². The fourth-order valence-corrected chi connectivity index (χ4v) is 22.7. The van der Waals surface area contributed by atoms with Gasteiger partial charge in [-0.15, -0.1) is 0 Å². The van der Waals surface area contributed by atoms with Crippen LogP contribution in [0.3, 0.4) is 0 Å². The van der Waals surface area contributed by atoms with Gasteiger partial charge in [0.15, 0.2) is 0 Å². The molecular formula is C30H60O2Sn2. The van der Waals surface area contributed by atoms with Gasteiger partial charge in [0.05, 0.1) is 0 Å². The summed E-state index contributed by atoms with van der Waals surface area (Å²) in [6.07, 6.45) is 17.7. The van der Waals surface area contributed by atoms with Gasteiger partial charge in [-0.1, -0.05) is 0 Å². The largest absolute Gasteiger partial charge is 0.508 e. The van der Waals surface area contributed by atoms with Crippen molar-refractivity contribution in [2.45, 2.75) is 145 Å². The van der Waals surface area contributed by atoms with Gasteiger partial charge in [-0.3, -0.25) is 0 Å². The number of hydrogen-bond acceptors (Lipinski definition) is 2. The quantitative estimate of drug-likeness (QED) is 0.119. The molecule has 34 heavy (non-hydrogen) atoms. The molecule has 0 aromatic heterocycles. The van der Waals surface area contributed by atoms with E-state index >= 15 is 0 Å². The van der Waals surface area contributed by atoms with Crippen molar-refractivity contribution < 1.29 is 10.2 Å². The fourth-order valence-electron chi connectivity index (χ4n) is 3.76. The van der Waals surface area contributed by atoms with E-state index in [1.807, 2.05) is 0 Å². The van der Waals surface area contributed by atoms with E-state index in [2.05, 4.69) is 41.5 Å². The maximum absolute atomic E-state index is 8.65. The van der Waals surface area contributed by atoms with Crippen molar-refractivity contribution in [1.29, 1.82) is 0 Å². The van der Waals surface area contributed by atoms with Crippen LogP contribution >= 0.6 is 0 Å². The third-order valence-electron chi connectivity index (χ3n) is 6.15. The Morgan fingerprint density at radius 1 is 0.412 bits per heavy atom. The molecule has 2 nitrogen and oxygen atoms in total. The van der Waals surface area contributed by atoms with Gasteiger partial charge >= 0.3 is 185 Å². The van der Waals surface area contributed by atoms with Crippen LogP contribution in [0.25, 0.3) is 0 Å². The number of unbranched alkanes of at least 4 members (excludes halogenated alkanes) is 6. The van der Waals surface area contributed by atoms with E-state index in [0.717, 1.165) is 0 Å². The summed E-state index contributed by atoms with van der Waals surface area (Å²) in [4.78, 5) is 0. The zero-order chi connectivity index (χ0) is 25.9. The second kappa shape index (κ2) is 29.6. The summed E-state index contributed by atoms with van der Waals surface area (Å²) < 4.78 is 10.1. The van der Waals surface area contributed by atoms with Crippen molar-refractivity contribution >= 4 is 39.5 Å². The predicted molar refractivity (Wildman–Crippen MR) is 160 cm³/mol. The average molecular weight is 690 g/mol. The first-order chi connectivity index (χ1) is 16.5. The molecule has 1 aromatic rings. The van der Waals surface area contributed by atoms with E-state index in [9.17, 15) is 0 Å². The first-order valence-corrected chi connectivity index (χ1v) is 26.7. The molecule has 0 saturated heterocycles. The SMILES string of the molecule is CCC[CH2][Sn]([CH2]CCC)[CH2]CCC.CCC[CH2][Sn]([CH2]CCC)[CH2]CCC.Oc1ccc(O)cc1. The Bertz CT molecular complexity index is 410. The molecule has 0 atom stereocenters. The second-order valence-electron chi connectivity index (χ2n) is 9.64. The molecule has 0 heterocycles. The van der Waals surface area contributed by atoms with Crippen LogP contribution < -0.4 is 0 Å². The molecule has 0 bridgehead atoms. The van der Waals surface area contributed by atoms with Crippen LogP contribution in [0.2, 0.25) is 26.6 Å². The molecule has 0 amide bonds. The third kappa shape index (κ3) is 27.0. The van der Waals surface area contributed by atoms with Gasteiger partial charge in [0.2, 0.25) is 0 Å². The average Bonchev–Trinajstić information content (AvgIpc) is 2.85. The van der Waals surface area contributed by atoms with Gasteiger partial charge in [0.25, 0.3) is 0 Å². The van der Waals surface area contributed by atoms with Gasteiger partial charge in [-0.2, -0.15) is 0 Å². The number of hydrogen-bond donors (Lipinski definition) is 2. The van der Waals surface area contributed by atoms with Crippen molar-refractivity contribution in [3.63, 3.8) is 0 Å². The Morgan fingerprint density at radius 3 is 0.735 bits per heavy atom. The Hall–Kier alpha value is 0.417. The number of benzene rings is 1. The fraction of sp³-hybridized carbons (Fsp3) is 0.800. The van der Waals surface area contributed by atoms with E-state index in [4.69, 9.17) is 10.2 Å². The molecule has 0 aliphatic carbocycles. The van der Waals surface area contributed by atoms with Crippen molar-refractivity contribution in [1.82, 2.24) is 0 Å². The molecule has 0 spiro atoms. The summed E-state index contributed by atoms with van der Waals surface area (Å²) in [7, 11) is 0. The first-order valence-electron chi connectivity index (χ1n) is 14.6. The van der Waals surface area contributed by atoms with Crippen LogP contribution in [-0.4, -0.2) is 49.7 Å². The summed E-state index contributed by atoms with van der Waals surface area (Å²) in [6.45, 7) is 14.0. The van der Waals surface area contributed by atoms with Crippen molar-refractivity contribution in [3.8, 4) is 11.5 Å². The monoisotopic (exact) mass is 692 g/mol.